The minimum atomic E-state index is -0.292. The Labute approximate surface area is 135 Å². The number of urea groups is 1. The van der Waals surface area contributed by atoms with Gasteiger partial charge in [0.2, 0.25) is 5.91 Å². The molecule has 5 nitrogen and oxygen atoms in total. The molecule has 0 aromatic carbocycles. The van der Waals surface area contributed by atoms with E-state index < -0.39 is 0 Å². The Morgan fingerprint density at radius 2 is 1.50 bits per heavy atom. The van der Waals surface area contributed by atoms with Crippen LogP contribution in [-0.2, 0) is 4.79 Å². The van der Waals surface area contributed by atoms with Crippen LogP contribution in [0.1, 0.15) is 90.4 Å². The highest BCUT2D eigenvalue weighted by Gasteiger charge is 2.15. The molecular formula is C17H33N3O2. The molecule has 0 aliphatic heterocycles. The minimum absolute atomic E-state index is 0.104. The molecule has 1 fully saturated rings. The van der Waals surface area contributed by atoms with Gasteiger partial charge in [-0.05, 0) is 19.3 Å². The number of unbranched alkanes of at least 4 members (excludes halogenated alkanes) is 6. The van der Waals surface area contributed by atoms with E-state index >= 15 is 0 Å². The maximum absolute atomic E-state index is 11.7. The SMILES string of the molecule is CCCCCCCCCC(=O)NNC(=O)NC1CCCCC1. The molecule has 1 aliphatic rings. The van der Waals surface area contributed by atoms with Crippen molar-refractivity contribution >= 4 is 11.9 Å². The van der Waals surface area contributed by atoms with E-state index in [9.17, 15) is 9.59 Å². The van der Waals surface area contributed by atoms with Gasteiger partial charge in [-0.3, -0.25) is 10.2 Å². The first-order valence-electron chi connectivity index (χ1n) is 9.07. The third-order valence-corrected chi connectivity index (χ3v) is 4.26. The van der Waals surface area contributed by atoms with Crippen molar-refractivity contribution in [2.75, 3.05) is 0 Å². The lowest BCUT2D eigenvalue weighted by atomic mass is 9.96. The average Bonchev–Trinajstić information content (AvgIpc) is 2.53. The highest BCUT2D eigenvalue weighted by atomic mass is 16.2. The van der Waals surface area contributed by atoms with Gasteiger partial charge in [-0.15, -0.1) is 0 Å². The van der Waals surface area contributed by atoms with Crippen LogP contribution in [0.4, 0.5) is 4.79 Å². The van der Waals surface area contributed by atoms with Crippen LogP contribution in [0.3, 0.4) is 0 Å². The standard InChI is InChI=1S/C17H33N3O2/c1-2-3-4-5-6-7-11-14-16(21)19-20-17(22)18-15-12-9-8-10-13-15/h15H,2-14H2,1H3,(H,19,21)(H2,18,20,22). The number of carbonyl (C=O) groups excluding carboxylic acids is 2. The fraction of sp³-hybridized carbons (Fsp3) is 0.882. The fourth-order valence-electron chi connectivity index (χ4n) is 2.90. The zero-order valence-corrected chi connectivity index (χ0v) is 14.1. The maximum atomic E-state index is 11.7. The van der Waals surface area contributed by atoms with Crippen LogP contribution < -0.4 is 16.2 Å². The van der Waals surface area contributed by atoms with Gasteiger partial charge in [-0.2, -0.15) is 0 Å². The van der Waals surface area contributed by atoms with Gasteiger partial charge in [0.15, 0.2) is 0 Å². The molecule has 22 heavy (non-hydrogen) atoms. The van der Waals surface area contributed by atoms with Crippen molar-refractivity contribution in [2.24, 2.45) is 0 Å². The molecule has 0 aromatic rings. The molecule has 1 rings (SSSR count). The van der Waals surface area contributed by atoms with Crippen LogP contribution in [0.15, 0.2) is 0 Å². The van der Waals surface area contributed by atoms with Crippen molar-refractivity contribution in [1.82, 2.24) is 16.2 Å². The van der Waals surface area contributed by atoms with E-state index in [4.69, 9.17) is 0 Å². The van der Waals surface area contributed by atoms with E-state index in [1.54, 1.807) is 0 Å². The Morgan fingerprint density at radius 3 is 2.18 bits per heavy atom. The Bertz CT molecular complexity index is 315. The largest absolute Gasteiger partial charge is 0.334 e. The van der Waals surface area contributed by atoms with Gasteiger partial charge >= 0.3 is 6.03 Å². The second-order valence-electron chi connectivity index (χ2n) is 6.35. The molecule has 128 valence electrons. The molecule has 0 atom stereocenters. The van der Waals surface area contributed by atoms with Crippen LogP contribution in [0, 0.1) is 0 Å². The minimum Gasteiger partial charge on any atom is -0.334 e. The zero-order chi connectivity index (χ0) is 16.0. The summed E-state index contributed by atoms with van der Waals surface area (Å²) in [5, 5.41) is 2.91. The highest BCUT2D eigenvalue weighted by molar-refractivity contribution is 5.81. The lowest BCUT2D eigenvalue weighted by molar-refractivity contribution is -0.121. The number of amides is 3. The van der Waals surface area contributed by atoms with E-state index in [0.29, 0.717) is 6.42 Å². The summed E-state index contributed by atoms with van der Waals surface area (Å²) in [6.45, 7) is 2.21. The van der Waals surface area contributed by atoms with Crippen LogP contribution in [-0.4, -0.2) is 18.0 Å². The molecule has 1 saturated carbocycles. The number of rotatable bonds is 9. The number of hydrogen-bond donors (Lipinski definition) is 3. The quantitative estimate of drug-likeness (QED) is 0.448. The molecule has 0 heterocycles. The molecule has 0 unspecified atom stereocenters. The van der Waals surface area contributed by atoms with E-state index in [0.717, 1.165) is 25.7 Å². The normalized spacial score (nSPS) is 15.3. The summed E-state index contributed by atoms with van der Waals surface area (Å²) in [6.07, 6.45) is 14.5. The van der Waals surface area contributed by atoms with Crippen molar-refractivity contribution in [3.8, 4) is 0 Å². The van der Waals surface area contributed by atoms with Crippen LogP contribution in [0.5, 0.6) is 0 Å². The Hall–Kier alpha value is -1.26. The van der Waals surface area contributed by atoms with E-state index in [2.05, 4.69) is 23.1 Å². The van der Waals surface area contributed by atoms with Gasteiger partial charge in [-0.1, -0.05) is 64.7 Å². The van der Waals surface area contributed by atoms with Gasteiger partial charge in [0.1, 0.15) is 0 Å². The fourth-order valence-corrected chi connectivity index (χ4v) is 2.90. The van der Waals surface area contributed by atoms with Crippen molar-refractivity contribution in [2.45, 2.75) is 96.4 Å². The Morgan fingerprint density at radius 1 is 0.864 bits per heavy atom. The van der Waals surface area contributed by atoms with Crippen LogP contribution in [0.25, 0.3) is 0 Å². The number of hydrogen-bond acceptors (Lipinski definition) is 2. The molecular weight excluding hydrogens is 278 g/mol. The van der Waals surface area contributed by atoms with Crippen molar-refractivity contribution < 1.29 is 9.59 Å². The summed E-state index contributed by atoms with van der Waals surface area (Å²) in [5.74, 6) is -0.104. The predicted molar refractivity (Wildman–Crippen MR) is 89.3 cm³/mol. The summed E-state index contributed by atoms with van der Waals surface area (Å²) >= 11 is 0. The Balaban J connectivity index is 1.94. The summed E-state index contributed by atoms with van der Waals surface area (Å²) in [4.78, 5) is 23.3. The molecule has 0 spiro atoms. The van der Waals surface area contributed by atoms with Crippen molar-refractivity contribution in [3.63, 3.8) is 0 Å². The molecule has 0 aromatic heterocycles. The number of nitrogens with one attached hydrogen (secondary N) is 3. The molecule has 0 bridgehead atoms. The molecule has 0 saturated heterocycles. The topological polar surface area (TPSA) is 70.2 Å². The van der Waals surface area contributed by atoms with Gasteiger partial charge in [-0.25, -0.2) is 10.2 Å². The van der Waals surface area contributed by atoms with Crippen LogP contribution in [0.2, 0.25) is 0 Å². The summed E-state index contributed by atoms with van der Waals surface area (Å²) in [7, 11) is 0. The first kappa shape index (κ1) is 18.8. The maximum Gasteiger partial charge on any atom is 0.333 e. The summed E-state index contributed by atoms with van der Waals surface area (Å²) in [6, 6.07) is -0.0337. The van der Waals surface area contributed by atoms with E-state index in [-0.39, 0.29) is 18.0 Å². The molecule has 3 amide bonds. The lowest BCUT2D eigenvalue weighted by Gasteiger charge is -2.22. The van der Waals surface area contributed by atoms with E-state index in [1.807, 2.05) is 0 Å². The second-order valence-corrected chi connectivity index (χ2v) is 6.35. The monoisotopic (exact) mass is 311 g/mol. The van der Waals surface area contributed by atoms with Gasteiger partial charge < -0.3 is 5.32 Å². The first-order chi connectivity index (χ1) is 10.7. The summed E-state index contributed by atoms with van der Waals surface area (Å²) in [5.41, 5.74) is 4.93. The third-order valence-electron chi connectivity index (χ3n) is 4.26. The second kappa shape index (κ2) is 12.3. The molecule has 5 heteroatoms. The first-order valence-corrected chi connectivity index (χ1v) is 9.07. The highest BCUT2D eigenvalue weighted by Crippen LogP contribution is 2.17. The van der Waals surface area contributed by atoms with Gasteiger partial charge in [0.25, 0.3) is 0 Å². The van der Waals surface area contributed by atoms with Crippen molar-refractivity contribution in [3.05, 3.63) is 0 Å². The lowest BCUT2D eigenvalue weighted by Crippen LogP contribution is -2.50. The van der Waals surface area contributed by atoms with E-state index in [1.165, 1.54) is 51.4 Å². The smallest absolute Gasteiger partial charge is 0.333 e. The average molecular weight is 311 g/mol. The van der Waals surface area contributed by atoms with Gasteiger partial charge in [0, 0.05) is 12.5 Å². The van der Waals surface area contributed by atoms with Gasteiger partial charge in [0.05, 0.1) is 0 Å². The summed E-state index contributed by atoms with van der Waals surface area (Å²) < 4.78 is 0. The number of carbonyl (C=O) groups is 2. The third kappa shape index (κ3) is 9.64. The number of hydrazine groups is 1. The Kier molecular flexibility index (Phi) is 10.5. The van der Waals surface area contributed by atoms with Crippen molar-refractivity contribution in [1.29, 1.82) is 0 Å². The zero-order valence-electron chi connectivity index (χ0n) is 14.1. The predicted octanol–water partition coefficient (Wildman–Crippen LogP) is 3.79. The van der Waals surface area contributed by atoms with Crippen LogP contribution >= 0.6 is 0 Å². The molecule has 1 aliphatic carbocycles. The molecule has 3 N–H and O–H groups in total. The molecule has 0 radical (unpaired) electrons.